The number of hydrogen-bond acceptors (Lipinski definition) is 10. The number of esters is 2. The first-order valence-corrected chi connectivity index (χ1v) is 12.7. The zero-order chi connectivity index (χ0) is 26.0. The number of rotatable bonds is 15. The van der Waals surface area contributed by atoms with Crippen LogP contribution >= 0.6 is 0 Å². The van der Waals surface area contributed by atoms with Crippen molar-refractivity contribution in [1.82, 2.24) is 4.98 Å². The number of hydrogen-bond donors (Lipinski definition) is 0. The number of piperidine rings is 1. The van der Waals surface area contributed by atoms with Gasteiger partial charge < -0.3 is 33.3 Å². The topological polar surface area (TPSA) is 106 Å². The fourth-order valence-electron chi connectivity index (χ4n) is 4.55. The molecule has 1 aromatic heterocycles. The molecule has 1 aromatic rings. The predicted octanol–water partition coefficient (Wildman–Crippen LogP) is 2.63. The molecule has 2 fully saturated rings. The number of nitrogens with zero attached hydrogens (tertiary/aromatic N) is 2. The maximum atomic E-state index is 12.5. The van der Waals surface area contributed by atoms with Crippen LogP contribution in [0.2, 0.25) is 0 Å². The van der Waals surface area contributed by atoms with Gasteiger partial charge in [0.1, 0.15) is 24.6 Å². The number of fused-ring (bicyclic) bond motifs is 2. The molecule has 0 N–H and O–H groups in total. The molecular formula is C26H40N2O8. The Bertz CT molecular complexity index is 843. The summed E-state index contributed by atoms with van der Waals surface area (Å²) in [6.45, 7) is 10.9. The molecule has 3 rings (SSSR count). The number of aromatic nitrogens is 1. The van der Waals surface area contributed by atoms with Crippen molar-refractivity contribution in [3.8, 4) is 5.88 Å². The molecule has 1 unspecified atom stereocenters. The molecule has 10 heteroatoms. The first-order valence-electron chi connectivity index (χ1n) is 12.7. The molecule has 0 radical (unpaired) electrons. The quantitative estimate of drug-likeness (QED) is 0.259. The van der Waals surface area contributed by atoms with Crippen LogP contribution in [0.4, 0.5) is 5.82 Å². The zero-order valence-electron chi connectivity index (χ0n) is 21.9. The highest BCUT2D eigenvalue weighted by molar-refractivity contribution is 5.74. The van der Waals surface area contributed by atoms with Crippen LogP contribution in [0.3, 0.4) is 0 Å². The van der Waals surface area contributed by atoms with Crippen molar-refractivity contribution in [3.63, 3.8) is 0 Å². The van der Waals surface area contributed by atoms with Gasteiger partial charge in [0.15, 0.2) is 0 Å². The summed E-state index contributed by atoms with van der Waals surface area (Å²) in [5.41, 5.74) is -0.454. The molecule has 2 aliphatic rings. The van der Waals surface area contributed by atoms with E-state index in [0.717, 1.165) is 25.2 Å². The highest BCUT2D eigenvalue weighted by atomic mass is 16.6. The predicted molar refractivity (Wildman–Crippen MR) is 132 cm³/mol. The van der Waals surface area contributed by atoms with E-state index in [9.17, 15) is 9.59 Å². The summed E-state index contributed by atoms with van der Waals surface area (Å²) in [5.74, 6) is 1.26. The highest BCUT2D eigenvalue weighted by Crippen LogP contribution is 2.44. The average molecular weight is 509 g/mol. The van der Waals surface area contributed by atoms with E-state index >= 15 is 0 Å². The maximum absolute atomic E-state index is 12.5. The monoisotopic (exact) mass is 508 g/mol. The number of carbonyl (C=O) groups is 2. The molecule has 1 saturated heterocycles. The number of pyridine rings is 1. The molecule has 1 aliphatic heterocycles. The van der Waals surface area contributed by atoms with Crippen molar-refractivity contribution in [2.24, 2.45) is 11.8 Å². The smallest absolute Gasteiger partial charge is 0.332 e. The van der Waals surface area contributed by atoms with Gasteiger partial charge in [-0.25, -0.2) is 4.79 Å². The van der Waals surface area contributed by atoms with Gasteiger partial charge in [0.05, 0.1) is 45.6 Å². The molecule has 36 heavy (non-hydrogen) atoms. The Hall–Kier alpha value is -2.43. The SMILES string of the molecule is CCOC(=O)COCCOCCOCCOc1cccc(N2C[C@H]3C[C@@H]2CC3C(=O)OC(C)(C)C)n1. The van der Waals surface area contributed by atoms with Gasteiger partial charge in [-0.05, 0) is 52.5 Å². The van der Waals surface area contributed by atoms with Gasteiger partial charge in [0.25, 0.3) is 0 Å². The summed E-state index contributed by atoms with van der Waals surface area (Å²) in [6, 6.07) is 6.06. The van der Waals surface area contributed by atoms with Crippen LogP contribution in [-0.2, 0) is 33.3 Å². The minimum absolute atomic E-state index is 0.0249. The van der Waals surface area contributed by atoms with Gasteiger partial charge in [0, 0.05) is 18.7 Å². The van der Waals surface area contributed by atoms with Crippen LogP contribution in [0, 0.1) is 11.8 Å². The third kappa shape index (κ3) is 8.90. The van der Waals surface area contributed by atoms with Crippen LogP contribution in [0.5, 0.6) is 5.88 Å². The van der Waals surface area contributed by atoms with E-state index in [-0.39, 0.29) is 24.5 Å². The van der Waals surface area contributed by atoms with Gasteiger partial charge in [-0.1, -0.05) is 6.07 Å². The third-order valence-corrected chi connectivity index (χ3v) is 6.00. The third-order valence-electron chi connectivity index (χ3n) is 6.00. The Morgan fingerprint density at radius 1 is 1.00 bits per heavy atom. The molecule has 10 nitrogen and oxygen atoms in total. The summed E-state index contributed by atoms with van der Waals surface area (Å²) in [5, 5.41) is 0. The van der Waals surface area contributed by atoms with E-state index in [0.29, 0.717) is 64.1 Å². The number of carbonyl (C=O) groups excluding carboxylic acids is 2. The molecule has 2 heterocycles. The van der Waals surface area contributed by atoms with Crippen molar-refractivity contribution in [3.05, 3.63) is 18.2 Å². The summed E-state index contributed by atoms with van der Waals surface area (Å²) >= 11 is 0. The van der Waals surface area contributed by atoms with Crippen molar-refractivity contribution in [1.29, 1.82) is 0 Å². The second-order valence-corrected chi connectivity index (χ2v) is 9.94. The van der Waals surface area contributed by atoms with Crippen LogP contribution in [0.1, 0.15) is 40.5 Å². The summed E-state index contributed by atoms with van der Waals surface area (Å²) in [4.78, 5) is 30.6. The van der Waals surface area contributed by atoms with Crippen molar-refractivity contribution in [2.45, 2.75) is 52.2 Å². The first-order chi connectivity index (χ1) is 17.3. The molecule has 1 aliphatic carbocycles. The minimum Gasteiger partial charge on any atom is -0.475 e. The summed E-state index contributed by atoms with van der Waals surface area (Å²) < 4.78 is 32.2. The van der Waals surface area contributed by atoms with Crippen LogP contribution < -0.4 is 9.64 Å². The van der Waals surface area contributed by atoms with Gasteiger partial charge >= 0.3 is 11.9 Å². The minimum atomic E-state index is -0.454. The van der Waals surface area contributed by atoms with Crippen LogP contribution in [-0.4, -0.2) is 88.0 Å². The lowest BCUT2D eigenvalue weighted by molar-refractivity contribution is -0.161. The van der Waals surface area contributed by atoms with E-state index in [4.69, 9.17) is 28.4 Å². The lowest BCUT2D eigenvalue weighted by Gasteiger charge is -2.32. The van der Waals surface area contributed by atoms with Gasteiger partial charge in [-0.3, -0.25) is 4.79 Å². The van der Waals surface area contributed by atoms with Gasteiger partial charge in [-0.2, -0.15) is 4.98 Å². The van der Waals surface area contributed by atoms with Crippen molar-refractivity contribution >= 4 is 17.8 Å². The molecule has 1 saturated carbocycles. The normalized spacial score (nSPS) is 21.0. The Labute approximate surface area is 213 Å². The van der Waals surface area contributed by atoms with Crippen molar-refractivity contribution in [2.75, 3.05) is 64.3 Å². The number of anilines is 1. The fourth-order valence-corrected chi connectivity index (χ4v) is 4.55. The van der Waals surface area contributed by atoms with E-state index in [2.05, 4.69) is 9.88 Å². The van der Waals surface area contributed by atoms with E-state index in [1.807, 2.05) is 39.0 Å². The molecule has 2 bridgehead atoms. The lowest BCUT2D eigenvalue weighted by atomic mass is 9.94. The average Bonchev–Trinajstić information content (AvgIpc) is 3.43. The van der Waals surface area contributed by atoms with Crippen LogP contribution in [0.15, 0.2) is 18.2 Å². The molecule has 3 atom stereocenters. The molecule has 0 spiro atoms. The summed E-state index contributed by atoms with van der Waals surface area (Å²) in [7, 11) is 0. The Morgan fingerprint density at radius 2 is 1.69 bits per heavy atom. The fraction of sp³-hybridized carbons (Fsp3) is 0.731. The second kappa shape index (κ2) is 13.8. The van der Waals surface area contributed by atoms with E-state index in [1.54, 1.807) is 6.92 Å². The van der Waals surface area contributed by atoms with E-state index in [1.165, 1.54) is 0 Å². The largest absolute Gasteiger partial charge is 0.475 e. The Balaban J connectivity index is 1.28. The highest BCUT2D eigenvalue weighted by Gasteiger charge is 2.49. The standard InChI is InChI=1S/C26H40N2O8/c1-5-34-24(29)18-33-12-11-31-9-10-32-13-14-35-23-8-6-7-22(27-23)28-17-19-15-20(28)16-21(19)25(30)36-26(2,3)4/h6-8,19-21H,5,9-18H2,1-4H3/t19-,20-,21?/m1/s1. The van der Waals surface area contributed by atoms with Gasteiger partial charge in [-0.15, -0.1) is 0 Å². The first kappa shape index (κ1) is 28.1. The van der Waals surface area contributed by atoms with Crippen LogP contribution in [0.25, 0.3) is 0 Å². The molecular weight excluding hydrogens is 468 g/mol. The summed E-state index contributed by atoms with van der Waals surface area (Å²) in [6.07, 6.45) is 1.80. The second-order valence-electron chi connectivity index (χ2n) is 9.94. The molecule has 0 amide bonds. The lowest BCUT2D eigenvalue weighted by Crippen LogP contribution is -2.40. The van der Waals surface area contributed by atoms with Gasteiger partial charge in [0.2, 0.25) is 5.88 Å². The Kier molecular flexibility index (Phi) is 10.8. The van der Waals surface area contributed by atoms with Crippen molar-refractivity contribution < 1.29 is 38.0 Å². The Morgan fingerprint density at radius 3 is 2.33 bits per heavy atom. The number of ether oxygens (including phenoxy) is 6. The molecule has 0 aromatic carbocycles. The zero-order valence-corrected chi connectivity index (χ0v) is 21.9. The maximum Gasteiger partial charge on any atom is 0.332 e. The molecule has 202 valence electrons. The van der Waals surface area contributed by atoms with E-state index < -0.39 is 5.60 Å².